The minimum absolute atomic E-state index is 0.134. The molecule has 1 aromatic carbocycles. The zero-order valence-electron chi connectivity index (χ0n) is 11.9. The van der Waals surface area contributed by atoms with E-state index in [9.17, 15) is 17.6 Å². The number of carbonyl (C=O) groups excluding carboxylic acids is 1. The number of halogens is 1. The number of anilines is 1. The van der Waals surface area contributed by atoms with Gasteiger partial charge in [-0.25, -0.2) is 12.8 Å². The van der Waals surface area contributed by atoms with E-state index in [-0.39, 0.29) is 36.3 Å². The molecule has 3 N–H and O–H groups in total. The first-order chi connectivity index (χ1) is 9.71. The summed E-state index contributed by atoms with van der Waals surface area (Å²) >= 11 is 0. The van der Waals surface area contributed by atoms with E-state index in [0.717, 1.165) is 6.07 Å². The third kappa shape index (κ3) is 3.16. The van der Waals surface area contributed by atoms with Gasteiger partial charge in [0.1, 0.15) is 10.7 Å². The molecule has 1 amide bonds. The standard InChI is InChI=1S/C13H18FN3O3S/c1-8-5-10(15)6-12(13(8)14)21(19,20)17-4-3-11(7-17)16-9(2)18/h5-6,11H,3-4,7,15H2,1-2H3,(H,16,18). The maximum Gasteiger partial charge on any atom is 0.246 e. The highest BCUT2D eigenvalue weighted by atomic mass is 32.2. The molecular formula is C13H18FN3O3S. The molecule has 1 aliphatic rings. The largest absolute Gasteiger partial charge is 0.399 e. The zero-order valence-corrected chi connectivity index (χ0v) is 12.7. The van der Waals surface area contributed by atoms with Gasteiger partial charge < -0.3 is 11.1 Å². The molecule has 21 heavy (non-hydrogen) atoms. The number of rotatable bonds is 3. The second-order valence-corrected chi connectivity index (χ2v) is 7.11. The first-order valence-corrected chi connectivity index (χ1v) is 7.98. The number of carbonyl (C=O) groups is 1. The summed E-state index contributed by atoms with van der Waals surface area (Å²) in [6.45, 7) is 3.21. The van der Waals surface area contributed by atoms with Crippen molar-refractivity contribution in [2.24, 2.45) is 0 Å². The van der Waals surface area contributed by atoms with Crippen LogP contribution in [0.15, 0.2) is 17.0 Å². The molecule has 1 unspecified atom stereocenters. The van der Waals surface area contributed by atoms with Crippen molar-refractivity contribution < 1.29 is 17.6 Å². The number of sulfonamides is 1. The Kier molecular flexibility index (Phi) is 4.20. The summed E-state index contributed by atoms with van der Waals surface area (Å²) in [6, 6.07) is 2.27. The maximum absolute atomic E-state index is 14.1. The van der Waals surface area contributed by atoms with Gasteiger partial charge in [-0.15, -0.1) is 0 Å². The molecule has 116 valence electrons. The van der Waals surface area contributed by atoms with E-state index >= 15 is 0 Å². The molecule has 0 aromatic heterocycles. The monoisotopic (exact) mass is 315 g/mol. The molecule has 1 atom stereocenters. The Morgan fingerprint density at radius 3 is 2.76 bits per heavy atom. The highest BCUT2D eigenvalue weighted by molar-refractivity contribution is 7.89. The minimum Gasteiger partial charge on any atom is -0.399 e. The van der Waals surface area contributed by atoms with Crippen LogP contribution < -0.4 is 11.1 Å². The zero-order chi connectivity index (χ0) is 15.8. The van der Waals surface area contributed by atoms with Crippen molar-refractivity contribution in [1.29, 1.82) is 0 Å². The summed E-state index contributed by atoms with van der Waals surface area (Å²) < 4.78 is 40.3. The summed E-state index contributed by atoms with van der Waals surface area (Å²) in [6.07, 6.45) is 0.502. The van der Waals surface area contributed by atoms with Gasteiger partial charge in [0.15, 0.2) is 0 Å². The molecule has 1 heterocycles. The van der Waals surface area contributed by atoms with E-state index in [1.807, 2.05) is 0 Å². The van der Waals surface area contributed by atoms with Gasteiger partial charge in [0.2, 0.25) is 15.9 Å². The van der Waals surface area contributed by atoms with Crippen LogP contribution in [0.1, 0.15) is 18.9 Å². The van der Waals surface area contributed by atoms with Gasteiger partial charge in [-0.05, 0) is 31.0 Å². The third-order valence-corrected chi connectivity index (χ3v) is 5.28. The molecule has 1 aliphatic heterocycles. The Balaban J connectivity index is 2.30. The van der Waals surface area contributed by atoms with Gasteiger partial charge in [-0.2, -0.15) is 4.31 Å². The highest BCUT2D eigenvalue weighted by Crippen LogP contribution is 2.27. The number of nitrogen functional groups attached to an aromatic ring is 1. The van der Waals surface area contributed by atoms with Gasteiger partial charge in [0, 0.05) is 31.7 Å². The lowest BCUT2D eigenvalue weighted by atomic mass is 10.2. The number of amides is 1. The van der Waals surface area contributed by atoms with Gasteiger partial charge in [0.05, 0.1) is 0 Å². The smallest absolute Gasteiger partial charge is 0.246 e. The van der Waals surface area contributed by atoms with Crippen molar-refractivity contribution in [2.45, 2.75) is 31.2 Å². The van der Waals surface area contributed by atoms with Crippen LogP contribution in [-0.4, -0.2) is 37.8 Å². The number of nitrogens with one attached hydrogen (secondary N) is 1. The summed E-state index contributed by atoms with van der Waals surface area (Å²) in [5.41, 5.74) is 6.00. The van der Waals surface area contributed by atoms with Crippen LogP contribution in [0.5, 0.6) is 0 Å². The number of hydrogen-bond donors (Lipinski definition) is 2. The van der Waals surface area contributed by atoms with E-state index in [1.54, 1.807) is 0 Å². The van der Waals surface area contributed by atoms with Crippen LogP contribution in [0.3, 0.4) is 0 Å². The Labute approximate surface area is 123 Å². The molecule has 0 bridgehead atoms. The van der Waals surface area contributed by atoms with E-state index in [0.29, 0.717) is 6.42 Å². The van der Waals surface area contributed by atoms with Gasteiger partial charge >= 0.3 is 0 Å². The molecule has 1 fully saturated rings. The Morgan fingerprint density at radius 2 is 2.14 bits per heavy atom. The van der Waals surface area contributed by atoms with E-state index in [4.69, 9.17) is 5.73 Å². The van der Waals surface area contributed by atoms with Crippen LogP contribution in [0.25, 0.3) is 0 Å². The average Bonchev–Trinajstić information content (AvgIpc) is 2.81. The van der Waals surface area contributed by atoms with Crippen molar-refractivity contribution in [2.75, 3.05) is 18.8 Å². The first-order valence-electron chi connectivity index (χ1n) is 6.54. The lowest BCUT2D eigenvalue weighted by molar-refractivity contribution is -0.119. The number of benzene rings is 1. The normalized spacial score (nSPS) is 19.7. The molecule has 8 heteroatoms. The molecule has 0 spiro atoms. The average molecular weight is 315 g/mol. The molecule has 0 saturated carbocycles. The van der Waals surface area contributed by atoms with Gasteiger partial charge in [0.25, 0.3) is 0 Å². The lowest BCUT2D eigenvalue weighted by Crippen LogP contribution is -2.37. The number of hydrogen-bond acceptors (Lipinski definition) is 4. The second kappa shape index (κ2) is 5.61. The minimum atomic E-state index is -3.96. The van der Waals surface area contributed by atoms with Gasteiger partial charge in [-0.1, -0.05) is 0 Å². The number of aryl methyl sites for hydroxylation is 1. The predicted octanol–water partition coefficient (Wildman–Crippen LogP) is 0.615. The van der Waals surface area contributed by atoms with Crippen molar-refractivity contribution in [3.05, 3.63) is 23.5 Å². The number of nitrogens with zero attached hydrogens (tertiary/aromatic N) is 1. The molecule has 2 rings (SSSR count). The maximum atomic E-state index is 14.1. The predicted molar refractivity (Wildman–Crippen MR) is 76.5 cm³/mol. The van der Waals surface area contributed by atoms with Gasteiger partial charge in [-0.3, -0.25) is 4.79 Å². The first kappa shape index (κ1) is 15.7. The fraction of sp³-hybridized carbons (Fsp3) is 0.462. The molecule has 6 nitrogen and oxygen atoms in total. The third-order valence-electron chi connectivity index (χ3n) is 3.42. The molecule has 0 aliphatic carbocycles. The Morgan fingerprint density at radius 1 is 1.48 bits per heavy atom. The molecular weight excluding hydrogens is 297 g/mol. The van der Waals surface area contributed by atoms with E-state index < -0.39 is 20.7 Å². The van der Waals surface area contributed by atoms with Crippen LogP contribution in [0.2, 0.25) is 0 Å². The van der Waals surface area contributed by atoms with Crippen LogP contribution >= 0.6 is 0 Å². The fourth-order valence-corrected chi connectivity index (χ4v) is 4.12. The summed E-state index contributed by atoms with van der Waals surface area (Å²) in [5, 5.41) is 2.67. The summed E-state index contributed by atoms with van der Waals surface area (Å²) in [7, 11) is -3.96. The molecule has 1 aromatic rings. The highest BCUT2D eigenvalue weighted by Gasteiger charge is 2.35. The Bertz CT molecular complexity index is 675. The molecule has 0 radical (unpaired) electrons. The van der Waals surface area contributed by atoms with Crippen LogP contribution in [-0.2, 0) is 14.8 Å². The summed E-state index contributed by atoms with van der Waals surface area (Å²) in [5.74, 6) is -1.00. The molecule has 1 saturated heterocycles. The quantitative estimate of drug-likeness (QED) is 0.800. The Hall–Kier alpha value is -1.67. The van der Waals surface area contributed by atoms with E-state index in [2.05, 4.69) is 5.32 Å². The SMILES string of the molecule is CC(=O)NC1CCN(S(=O)(=O)c2cc(N)cc(C)c2F)C1. The second-order valence-electron chi connectivity index (χ2n) is 5.20. The number of nitrogens with two attached hydrogens (primary N) is 1. The van der Waals surface area contributed by atoms with Crippen molar-refractivity contribution >= 4 is 21.6 Å². The van der Waals surface area contributed by atoms with Crippen LogP contribution in [0, 0.1) is 12.7 Å². The summed E-state index contributed by atoms with van der Waals surface area (Å²) in [4.78, 5) is 10.6. The topological polar surface area (TPSA) is 92.5 Å². The van der Waals surface area contributed by atoms with Crippen LogP contribution in [0.4, 0.5) is 10.1 Å². The lowest BCUT2D eigenvalue weighted by Gasteiger charge is -2.18. The fourth-order valence-electron chi connectivity index (χ4n) is 2.44. The van der Waals surface area contributed by atoms with Crippen molar-refractivity contribution in [3.8, 4) is 0 Å². The van der Waals surface area contributed by atoms with E-state index in [1.165, 1.54) is 24.2 Å². The van der Waals surface area contributed by atoms with Crippen molar-refractivity contribution in [3.63, 3.8) is 0 Å². The van der Waals surface area contributed by atoms with Crippen molar-refractivity contribution in [1.82, 2.24) is 9.62 Å².